The molecule has 0 aliphatic carbocycles. The predicted molar refractivity (Wildman–Crippen MR) is 87.5 cm³/mol. The molecule has 2 aromatic carbocycles. The van der Waals surface area contributed by atoms with Crippen molar-refractivity contribution in [2.45, 2.75) is 11.2 Å². The number of rotatable bonds is 4. The van der Waals surface area contributed by atoms with Gasteiger partial charge in [-0.05, 0) is 46.1 Å². The van der Waals surface area contributed by atoms with E-state index in [-0.39, 0.29) is 10.6 Å². The average Bonchev–Trinajstić information content (AvgIpc) is 2.43. The van der Waals surface area contributed by atoms with E-state index in [9.17, 15) is 4.39 Å². The van der Waals surface area contributed by atoms with Gasteiger partial charge < -0.3 is 4.74 Å². The molecule has 0 amide bonds. The molecule has 1 nitrogen and oxygen atoms in total. The first-order chi connectivity index (χ1) is 9.51. The standard InChI is InChI=1S/C15H12Br2ClFO/c1-20-15-8-14(19)13(17)7-11(15)12(16)6-9-2-4-10(18)5-3-9/h2-5,7-8,12H,6H2,1H3. The third kappa shape index (κ3) is 3.74. The molecule has 0 heterocycles. The Labute approximate surface area is 139 Å². The van der Waals surface area contributed by atoms with Gasteiger partial charge in [-0.15, -0.1) is 0 Å². The van der Waals surface area contributed by atoms with Crippen LogP contribution in [-0.2, 0) is 6.42 Å². The van der Waals surface area contributed by atoms with Crippen molar-refractivity contribution in [1.82, 2.24) is 0 Å². The van der Waals surface area contributed by atoms with Crippen molar-refractivity contribution in [1.29, 1.82) is 0 Å². The minimum atomic E-state index is -0.336. The van der Waals surface area contributed by atoms with Gasteiger partial charge in [-0.2, -0.15) is 0 Å². The minimum absolute atomic E-state index is 0.0236. The van der Waals surface area contributed by atoms with E-state index in [0.717, 1.165) is 17.5 Å². The van der Waals surface area contributed by atoms with Crippen LogP contribution in [0.25, 0.3) is 0 Å². The summed E-state index contributed by atoms with van der Waals surface area (Å²) in [6.45, 7) is 0. The monoisotopic (exact) mass is 420 g/mol. The van der Waals surface area contributed by atoms with Crippen molar-refractivity contribution in [3.05, 3.63) is 62.8 Å². The first-order valence-corrected chi connectivity index (χ1v) is 8.01. The number of hydrogen-bond acceptors (Lipinski definition) is 1. The quantitative estimate of drug-likeness (QED) is 0.555. The summed E-state index contributed by atoms with van der Waals surface area (Å²) in [5, 5.41) is 0.710. The largest absolute Gasteiger partial charge is 0.496 e. The minimum Gasteiger partial charge on any atom is -0.496 e. The molecule has 1 atom stereocenters. The van der Waals surface area contributed by atoms with Crippen LogP contribution in [0.15, 0.2) is 40.9 Å². The lowest BCUT2D eigenvalue weighted by molar-refractivity contribution is 0.405. The van der Waals surface area contributed by atoms with Gasteiger partial charge in [0, 0.05) is 21.5 Å². The number of hydrogen-bond donors (Lipinski definition) is 0. The molecule has 0 bridgehead atoms. The van der Waals surface area contributed by atoms with Crippen molar-refractivity contribution in [2.75, 3.05) is 7.11 Å². The normalized spacial score (nSPS) is 12.2. The van der Waals surface area contributed by atoms with Gasteiger partial charge in [0.1, 0.15) is 11.6 Å². The lowest BCUT2D eigenvalue weighted by atomic mass is 10.0. The Balaban J connectivity index is 2.26. The zero-order valence-electron chi connectivity index (χ0n) is 10.7. The maximum Gasteiger partial charge on any atom is 0.141 e. The molecule has 0 saturated carbocycles. The second-order valence-electron chi connectivity index (χ2n) is 4.31. The van der Waals surface area contributed by atoms with Gasteiger partial charge in [-0.3, -0.25) is 0 Å². The Hall–Kier alpha value is -0.580. The van der Waals surface area contributed by atoms with Crippen LogP contribution in [0.3, 0.4) is 0 Å². The molecule has 0 radical (unpaired) electrons. The van der Waals surface area contributed by atoms with E-state index in [1.807, 2.05) is 24.3 Å². The molecule has 5 heteroatoms. The van der Waals surface area contributed by atoms with Gasteiger partial charge in [0.05, 0.1) is 11.6 Å². The van der Waals surface area contributed by atoms with Gasteiger partial charge >= 0.3 is 0 Å². The number of ether oxygens (including phenoxy) is 1. The van der Waals surface area contributed by atoms with Crippen molar-refractivity contribution < 1.29 is 9.13 Å². The van der Waals surface area contributed by atoms with Crippen LogP contribution in [0, 0.1) is 5.82 Å². The molecule has 0 aliphatic rings. The van der Waals surface area contributed by atoms with E-state index in [0.29, 0.717) is 15.2 Å². The molecule has 0 saturated heterocycles. The van der Waals surface area contributed by atoms with E-state index < -0.39 is 0 Å². The van der Waals surface area contributed by atoms with Crippen LogP contribution in [-0.4, -0.2) is 7.11 Å². The van der Waals surface area contributed by atoms with Gasteiger partial charge in [-0.1, -0.05) is 39.7 Å². The first-order valence-electron chi connectivity index (χ1n) is 5.92. The lowest BCUT2D eigenvalue weighted by Crippen LogP contribution is -2.00. The zero-order valence-corrected chi connectivity index (χ0v) is 14.6. The summed E-state index contributed by atoms with van der Waals surface area (Å²) in [7, 11) is 1.54. The maximum atomic E-state index is 13.5. The molecule has 0 fully saturated rings. The molecular formula is C15H12Br2ClFO. The van der Waals surface area contributed by atoms with E-state index in [4.69, 9.17) is 16.3 Å². The average molecular weight is 423 g/mol. The van der Waals surface area contributed by atoms with Crippen molar-refractivity contribution >= 4 is 43.5 Å². The Bertz CT molecular complexity index is 602. The zero-order chi connectivity index (χ0) is 14.7. The summed E-state index contributed by atoms with van der Waals surface area (Å²) in [6, 6.07) is 10.8. The Kier molecular flexibility index (Phi) is 5.47. The summed E-state index contributed by atoms with van der Waals surface area (Å²) >= 11 is 12.7. The first kappa shape index (κ1) is 15.8. The molecule has 1 unspecified atom stereocenters. The summed E-state index contributed by atoms with van der Waals surface area (Å²) < 4.78 is 19.2. The van der Waals surface area contributed by atoms with E-state index >= 15 is 0 Å². The van der Waals surface area contributed by atoms with Gasteiger partial charge in [-0.25, -0.2) is 4.39 Å². The third-order valence-electron chi connectivity index (χ3n) is 2.94. The molecule has 20 heavy (non-hydrogen) atoms. The second-order valence-corrected chi connectivity index (χ2v) is 6.70. The highest BCUT2D eigenvalue weighted by Crippen LogP contribution is 2.37. The van der Waals surface area contributed by atoms with E-state index in [1.54, 1.807) is 6.07 Å². The van der Waals surface area contributed by atoms with Gasteiger partial charge in [0.25, 0.3) is 0 Å². The maximum absolute atomic E-state index is 13.5. The van der Waals surface area contributed by atoms with Crippen molar-refractivity contribution in [3.8, 4) is 5.75 Å². The van der Waals surface area contributed by atoms with Crippen LogP contribution < -0.4 is 4.74 Å². The van der Waals surface area contributed by atoms with Crippen LogP contribution in [0.4, 0.5) is 4.39 Å². The van der Waals surface area contributed by atoms with Crippen LogP contribution in [0.1, 0.15) is 16.0 Å². The van der Waals surface area contributed by atoms with E-state index in [1.165, 1.54) is 13.2 Å². The molecule has 0 spiro atoms. The smallest absolute Gasteiger partial charge is 0.141 e. The Morgan fingerprint density at radius 3 is 2.50 bits per heavy atom. The number of halogens is 4. The molecular weight excluding hydrogens is 410 g/mol. The molecule has 106 valence electrons. The summed E-state index contributed by atoms with van der Waals surface area (Å²) in [4.78, 5) is 0.0236. The highest BCUT2D eigenvalue weighted by molar-refractivity contribution is 9.10. The van der Waals surface area contributed by atoms with Crippen molar-refractivity contribution in [3.63, 3.8) is 0 Å². The summed E-state index contributed by atoms with van der Waals surface area (Å²) in [5.41, 5.74) is 2.04. The fraction of sp³-hybridized carbons (Fsp3) is 0.200. The predicted octanol–water partition coefficient (Wildman–Crippen LogP) is 5.93. The van der Waals surface area contributed by atoms with Gasteiger partial charge in [0.2, 0.25) is 0 Å². The Morgan fingerprint density at radius 2 is 1.90 bits per heavy atom. The number of alkyl halides is 1. The number of benzene rings is 2. The van der Waals surface area contributed by atoms with Crippen LogP contribution >= 0.6 is 43.5 Å². The van der Waals surface area contributed by atoms with Crippen LogP contribution in [0.2, 0.25) is 5.02 Å². The van der Waals surface area contributed by atoms with Crippen molar-refractivity contribution in [2.24, 2.45) is 0 Å². The fourth-order valence-electron chi connectivity index (χ4n) is 1.90. The Morgan fingerprint density at radius 1 is 1.25 bits per heavy atom. The van der Waals surface area contributed by atoms with E-state index in [2.05, 4.69) is 31.9 Å². The fourth-order valence-corrected chi connectivity index (χ4v) is 3.12. The molecule has 0 aliphatic heterocycles. The number of methoxy groups -OCH3 is 1. The molecule has 2 rings (SSSR count). The molecule has 0 aromatic heterocycles. The lowest BCUT2D eigenvalue weighted by Gasteiger charge is -2.15. The molecule has 0 N–H and O–H groups in total. The topological polar surface area (TPSA) is 9.23 Å². The third-order valence-corrected chi connectivity index (χ3v) is 4.61. The van der Waals surface area contributed by atoms with Crippen LogP contribution in [0.5, 0.6) is 5.75 Å². The summed E-state index contributed by atoms with van der Waals surface area (Å²) in [5.74, 6) is 0.193. The highest BCUT2D eigenvalue weighted by atomic mass is 79.9. The summed E-state index contributed by atoms with van der Waals surface area (Å²) in [6.07, 6.45) is 0.756. The molecule has 2 aromatic rings. The SMILES string of the molecule is COc1cc(F)c(Br)cc1C(Br)Cc1ccc(Cl)cc1. The second kappa shape index (κ2) is 6.92. The van der Waals surface area contributed by atoms with Gasteiger partial charge in [0.15, 0.2) is 0 Å². The highest BCUT2D eigenvalue weighted by Gasteiger charge is 2.16.